The Bertz CT molecular complexity index is 1290. The number of imidazole rings is 1. The summed E-state index contributed by atoms with van der Waals surface area (Å²) < 4.78 is 1.95. The Hall–Kier alpha value is -3.81. The van der Waals surface area contributed by atoms with E-state index in [-0.39, 0.29) is 43.1 Å². The molecule has 0 radical (unpaired) electrons. The Morgan fingerprint density at radius 3 is 2.58 bits per heavy atom. The molecule has 2 atom stereocenters. The molecule has 2 saturated heterocycles. The second-order valence-electron chi connectivity index (χ2n) is 9.89. The molecule has 8 nitrogen and oxygen atoms in total. The van der Waals surface area contributed by atoms with E-state index in [9.17, 15) is 14.4 Å². The minimum atomic E-state index is -1.23. The molecule has 36 heavy (non-hydrogen) atoms. The predicted molar refractivity (Wildman–Crippen MR) is 133 cm³/mol. The van der Waals surface area contributed by atoms with Gasteiger partial charge in [0.05, 0.1) is 18.0 Å². The summed E-state index contributed by atoms with van der Waals surface area (Å²) in [5.74, 6) is 0.170. The Morgan fingerprint density at radius 2 is 1.86 bits per heavy atom. The highest BCUT2D eigenvalue weighted by Crippen LogP contribution is 2.43. The lowest BCUT2D eigenvalue weighted by Crippen LogP contribution is -2.46. The average molecular weight is 486 g/mol. The summed E-state index contributed by atoms with van der Waals surface area (Å²) in [7, 11) is 1.94. The maximum Gasteiger partial charge on any atom is 0.241 e. The van der Waals surface area contributed by atoms with E-state index in [1.165, 1.54) is 4.90 Å². The molecule has 0 bridgehead atoms. The summed E-state index contributed by atoms with van der Waals surface area (Å²) in [5, 5.41) is 0. The van der Waals surface area contributed by atoms with Gasteiger partial charge in [0.2, 0.25) is 17.7 Å². The van der Waals surface area contributed by atoms with Gasteiger partial charge in [0, 0.05) is 51.2 Å². The fourth-order valence-electron chi connectivity index (χ4n) is 5.74. The van der Waals surface area contributed by atoms with E-state index in [1.54, 1.807) is 30.7 Å². The van der Waals surface area contributed by atoms with Crippen molar-refractivity contribution in [3.8, 4) is 0 Å². The van der Waals surface area contributed by atoms with Crippen LogP contribution < -0.4 is 0 Å². The molecular weight excluding hydrogens is 454 g/mol. The van der Waals surface area contributed by atoms with Crippen LogP contribution in [0.15, 0.2) is 61.2 Å². The molecule has 4 heterocycles. The van der Waals surface area contributed by atoms with Crippen LogP contribution in [0.1, 0.15) is 60.7 Å². The van der Waals surface area contributed by atoms with Crippen molar-refractivity contribution in [3.63, 3.8) is 0 Å². The third kappa shape index (κ3) is 4.21. The summed E-state index contributed by atoms with van der Waals surface area (Å²) in [5.41, 5.74) is 1.25. The molecule has 2 aliphatic rings. The molecule has 3 aromatic rings. The first-order valence-electron chi connectivity index (χ1n) is 12.5. The monoisotopic (exact) mass is 485 g/mol. The first-order valence-corrected chi connectivity index (χ1v) is 12.5. The Labute approximate surface area is 211 Å². The van der Waals surface area contributed by atoms with Crippen LogP contribution in [0.3, 0.4) is 0 Å². The van der Waals surface area contributed by atoms with Crippen molar-refractivity contribution in [2.45, 2.75) is 57.0 Å². The van der Waals surface area contributed by atoms with Crippen LogP contribution in [-0.4, -0.2) is 48.6 Å². The number of carbonyl (C=O) groups is 3. The third-order valence-electron chi connectivity index (χ3n) is 7.59. The highest BCUT2D eigenvalue weighted by Gasteiger charge is 2.55. The molecule has 0 spiro atoms. The molecule has 0 saturated carbocycles. The van der Waals surface area contributed by atoms with E-state index >= 15 is 0 Å². The summed E-state index contributed by atoms with van der Waals surface area (Å²) in [6.07, 6.45) is 9.61. The van der Waals surface area contributed by atoms with E-state index in [0.717, 1.165) is 41.8 Å². The largest absolute Gasteiger partial charge is 0.336 e. The van der Waals surface area contributed by atoms with Crippen molar-refractivity contribution in [1.29, 1.82) is 0 Å². The topological polar surface area (TPSA) is 88.4 Å². The Balaban J connectivity index is 1.50. The Morgan fingerprint density at radius 1 is 1.08 bits per heavy atom. The van der Waals surface area contributed by atoms with Gasteiger partial charge in [0.25, 0.3) is 0 Å². The number of carbonyl (C=O) groups excluding carboxylic acids is 3. The smallest absolute Gasteiger partial charge is 0.241 e. The lowest BCUT2D eigenvalue weighted by Gasteiger charge is -2.38. The van der Waals surface area contributed by atoms with Gasteiger partial charge in [-0.15, -0.1) is 0 Å². The number of hydrogen-bond donors (Lipinski definition) is 0. The molecule has 0 aliphatic carbocycles. The second-order valence-corrected chi connectivity index (χ2v) is 9.89. The summed E-state index contributed by atoms with van der Waals surface area (Å²) >= 11 is 0. The molecule has 2 aliphatic heterocycles. The number of rotatable bonds is 6. The lowest BCUT2D eigenvalue weighted by atomic mass is 9.73. The van der Waals surface area contributed by atoms with Gasteiger partial charge < -0.3 is 9.47 Å². The third-order valence-corrected chi connectivity index (χ3v) is 7.59. The maximum atomic E-state index is 14.1. The molecular formula is C28H31N5O3. The molecule has 2 aromatic heterocycles. The van der Waals surface area contributed by atoms with Crippen molar-refractivity contribution in [2.24, 2.45) is 7.05 Å². The SMILES string of the molecule is Cc1ccccc1[C@]1(CC(=O)N2CCCC[C@H]2c2nccn2C)CC(=O)N(Cc2ccncc2)C1=O. The van der Waals surface area contributed by atoms with Crippen LogP contribution in [0.25, 0.3) is 0 Å². The number of imide groups is 1. The first kappa shape index (κ1) is 23.9. The molecule has 1 aromatic carbocycles. The van der Waals surface area contributed by atoms with E-state index in [0.29, 0.717) is 6.54 Å². The fourth-order valence-corrected chi connectivity index (χ4v) is 5.74. The normalized spacial score (nSPS) is 22.3. The van der Waals surface area contributed by atoms with Gasteiger partial charge in [0.1, 0.15) is 5.82 Å². The van der Waals surface area contributed by atoms with Gasteiger partial charge in [-0.1, -0.05) is 24.3 Å². The number of likely N-dealkylation sites (tertiary alicyclic amines) is 2. The lowest BCUT2D eigenvalue weighted by molar-refractivity contribution is -0.144. The number of amides is 3. The van der Waals surface area contributed by atoms with Crippen LogP contribution in [0, 0.1) is 6.92 Å². The minimum absolute atomic E-state index is 0.0194. The second kappa shape index (κ2) is 9.68. The van der Waals surface area contributed by atoms with Crippen molar-refractivity contribution in [3.05, 3.63) is 83.7 Å². The molecule has 0 N–H and O–H groups in total. The molecule has 8 heteroatoms. The number of benzene rings is 1. The van der Waals surface area contributed by atoms with Crippen LogP contribution in [0.4, 0.5) is 0 Å². The maximum absolute atomic E-state index is 14.1. The van der Waals surface area contributed by atoms with Crippen LogP contribution in [-0.2, 0) is 33.4 Å². The van der Waals surface area contributed by atoms with Gasteiger partial charge >= 0.3 is 0 Å². The van der Waals surface area contributed by atoms with Gasteiger partial charge in [-0.25, -0.2) is 4.98 Å². The van der Waals surface area contributed by atoms with Gasteiger partial charge in [-0.05, 0) is 55.0 Å². The first-order chi connectivity index (χ1) is 17.4. The number of nitrogens with zero attached hydrogens (tertiary/aromatic N) is 5. The van der Waals surface area contributed by atoms with Gasteiger partial charge in [-0.3, -0.25) is 24.3 Å². The zero-order valence-electron chi connectivity index (χ0n) is 20.8. The fraction of sp³-hybridized carbons (Fsp3) is 0.393. The number of aromatic nitrogens is 3. The van der Waals surface area contributed by atoms with E-state index in [4.69, 9.17) is 0 Å². The number of piperidine rings is 1. The molecule has 186 valence electrons. The highest BCUT2D eigenvalue weighted by atomic mass is 16.2. The zero-order valence-corrected chi connectivity index (χ0v) is 20.8. The van der Waals surface area contributed by atoms with Crippen LogP contribution in [0.5, 0.6) is 0 Å². The van der Waals surface area contributed by atoms with Crippen LogP contribution in [0.2, 0.25) is 0 Å². The number of hydrogen-bond acceptors (Lipinski definition) is 5. The minimum Gasteiger partial charge on any atom is -0.336 e. The zero-order chi connectivity index (χ0) is 25.3. The number of aryl methyl sites for hydroxylation is 2. The predicted octanol–water partition coefficient (Wildman–Crippen LogP) is 3.46. The standard InChI is InChI=1S/C28H31N5O3/c1-20-7-3-4-8-22(20)28(18-25(35)33(27(28)36)19-21-10-12-29-13-11-21)17-24(34)32-15-6-5-9-23(32)26-30-14-16-31(26)2/h3-4,7-8,10-14,16,23H,5-6,9,15,17-19H2,1-2H3/t23-,28-/m0/s1. The summed E-state index contributed by atoms with van der Waals surface area (Å²) in [6, 6.07) is 11.1. The Kier molecular flexibility index (Phi) is 6.43. The van der Waals surface area contributed by atoms with Crippen molar-refractivity contribution >= 4 is 17.7 Å². The van der Waals surface area contributed by atoms with Gasteiger partial charge in [-0.2, -0.15) is 0 Å². The van der Waals surface area contributed by atoms with Crippen molar-refractivity contribution in [2.75, 3.05) is 6.54 Å². The highest BCUT2D eigenvalue weighted by molar-refractivity contribution is 6.10. The van der Waals surface area contributed by atoms with E-state index < -0.39 is 5.41 Å². The quantitative estimate of drug-likeness (QED) is 0.499. The molecule has 3 amide bonds. The number of pyridine rings is 1. The average Bonchev–Trinajstić information content (AvgIpc) is 3.41. The van der Waals surface area contributed by atoms with Crippen molar-refractivity contribution < 1.29 is 14.4 Å². The van der Waals surface area contributed by atoms with E-state index in [2.05, 4.69) is 9.97 Å². The summed E-state index contributed by atoms with van der Waals surface area (Å²) in [4.78, 5) is 53.1. The van der Waals surface area contributed by atoms with Crippen LogP contribution >= 0.6 is 0 Å². The van der Waals surface area contributed by atoms with Crippen molar-refractivity contribution in [1.82, 2.24) is 24.3 Å². The van der Waals surface area contributed by atoms with E-state index in [1.807, 2.05) is 53.9 Å². The van der Waals surface area contributed by atoms with Gasteiger partial charge in [0.15, 0.2) is 0 Å². The molecule has 0 unspecified atom stereocenters. The molecule has 2 fully saturated rings. The summed E-state index contributed by atoms with van der Waals surface area (Å²) in [6.45, 7) is 2.72. The molecule has 5 rings (SSSR count).